The second kappa shape index (κ2) is 45.0. The van der Waals surface area contributed by atoms with Crippen LogP contribution in [0.1, 0.15) is 233 Å². The fraction of sp³-hybridized carbons (Fsp3) is 0.909. The molecule has 0 unspecified atom stereocenters. The molecule has 0 fully saturated rings. The van der Waals surface area contributed by atoms with Crippen LogP contribution in [-0.2, 0) is 38.1 Å². The Morgan fingerprint density at radius 3 is 0.615 bits per heavy atom. The number of unbranched alkanes of at least 4 members (excludes halogenated alkanes) is 22. The maximum absolute atomic E-state index is 11.6. The van der Waals surface area contributed by atoms with Crippen molar-refractivity contribution in [3.8, 4) is 0 Å². The molecular formula is C44H84O8. The Hall–Kier alpha value is -2.12. The summed E-state index contributed by atoms with van der Waals surface area (Å²) in [7, 11) is 0. The number of hydrogen-bond acceptors (Lipinski definition) is 8. The van der Waals surface area contributed by atoms with Crippen molar-refractivity contribution in [2.45, 2.75) is 233 Å². The lowest BCUT2D eigenvalue weighted by molar-refractivity contribution is -0.146. The van der Waals surface area contributed by atoms with Crippen LogP contribution < -0.4 is 0 Å². The van der Waals surface area contributed by atoms with Crippen LogP contribution in [0.5, 0.6) is 0 Å². The van der Waals surface area contributed by atoms with E-state index in [1.165, 1.54) is 103 Å². The highest BCUT2D eigenvalue weighted by atomic mass is 16.5. The van der Waals surface area contributed by atoms with Crippen molar-refractivity contribution >= 4 is 23.9 Å². The highest BCUT2D eigenvalue weighted by Crippen LogP contribution is 2.11. The van der Waals surface area contributed by atoms with Crippen LogP contribution in [0.3, 0.4) is 0 Å². The third-order valence-electron chi connectivity index (χ3n) is 9.07. The molecule has 0 aromatic rings. The molecular weight excluding hydrogens is 656 g/mol. The minimum Gasteiger partial charge on any atom is -0.466 e. The van der Waals surface area contributed by atoms with Crippen LogP contribution in [0.15, 0.2) is 0 Å². The zero-order chi connectivity index (χ0) is 38.6. The predicted octanol–water partition coefficient (Wildman–Crippen LogP) is 12.7. The largest absolute Gasteiger partial charge is 0.466 e. The van der Waals surface area contributed by atoms with Gasteiger partial charge < -0.3 is 18.9 Å². The number of hydrogen-bond donors (Lipinski definition) is 0. The second-order valence-corrected chi connectivity index (χ2v) is 14.4. The van der Waals surface area contributed by atoms with Crippen molar-refractivity contribution in [3.63, 3.8) is 0 Å². The van der Waals surface area contributed by atoms with Crippen molar-refractivity contribution in [1.29, 1.82) is 0 Å². The SMILES string of the molecule is CCCCCCCC(=O)OCCCCOC(=O)CCCCCCC.CCCCCCCCCC(=O)OCCCCOC(=O)CCCCCCCCC. The topological polar surface area (TPSA) is 105 Å². The smallest absolute Gasteiger partial charge is 0.305 e. The Kier molecular flexibility index (Phi) is 45.0. The average molecular weight is 741 g/mol. The van der Waals surface area contributed by atoms with Crippen molar-refractivity contribution in [3.05, 3.63) is 0 Å². The maximum Gasteiger partial charge on any atom is 0.305 e. The molecule has 0 aromatic heterocycles. The summed E-state index contributed by atoms with van der Waals surface area (Å²) in [5.41, 5.74) is 0. The fourth-order valence-corrected chi connectivity index (χ4v) is 5.64. The van der Waals surface area contributed by atoms with E-state index in [0.29, 0.717) is 52.1 Å². The monoisotopic (exact) mass is 741 g/mol. The van der Waals surface area contributed by atoms with Gasteiger partial charge in [0.15, 0.2) is 0 Å². The van der Waals surface area contributed by atoms with Gasteiger partial charge in [-0.15, -0.1) is 0 Å². The predicted molar refractivity (Wildman–Crippen MR) is 214 cm³/mol. The Morgan fingerprint density at radius 1 is 0.250 bits per heavy atom. The number of carbonyl (C=O) groups is 4. The Balaban J connectivity index is 0. The zero-order valence-corrected chi connectivity index (χ0v) is 34.7. The molecule has 8 nitrogen and oxygen atoms in total. The third kappa shape index (κ3) is 45.9. The zero-order valence-electron chi connectivity index (χ0n) is 34.7. The van der Waals surface area contributed by atoms with E-state index in [1.807, 2.05) is 0 Å². The van der Waals surface area contributed by atoms with Crippen LogP contribution in [0.2, 0.25) is 0 Å². The summed E-state index contributed by atoms with van der Waals surface area (Å²) in [5.74, 6) is -0.389. The van der Waals surface area contributed by atoms with Crippen molar-refractivity contribution in [2.75, 3.05) is 26.4 Å². The minimum atomic E-state index is -0.101. The molecule has 0 aliphatic heterocycles. The molecule has 0 bridgehead atoms. The summed E-state index contributed by atoms with van der Waals surface area (Å²) < 4.78 is 20.8. The van der Waals surface area contributed by atoms with E-state index in [2.05, 4.69) is 27.7 Å². The molecule has 308 valence electrons. The fourth-order valence-electron chi connectivity index (χ4n) is 5.64. The Labute approximate surface area is 321 Å². The molecule has 0 spiro atoms. The first-order valence-electron chi connectivity index (χ1n) is 22.0. The summed E-state index contributed by atoms with van der Waals surface area (Å²) >= 11 is 0. The molecule has 0 N–H and O–H groups in total. The Bertz CT molecular complexity index is 720. The summed E-state index contributed by atoms with van der Waals surface area (Å²) in [6.07, 6.45) is 33.4. The van der Waals surface area contributed by atoms with E-state index in [4.69, 9.17) is 18.9 Å². The summed E-state index contributed by atoms with van der Waals surface area (Å²) in [4.78, 5) is 46.3. The van der Waals surface area contributed by atoms with Gasteiger partial charge in [-0.3, -0.25) is 19.2 Å². The van der Waals surface area contributed by atoms with Gasteiger partial charge in [0.2, 0.25) is 0 Å². The molecule has 0 aromatic carbocycles. The molecule has 0 saturated carbocycles. The van der Waals surface area contributed by atoms with Crippen LogP contribution in [-0.4, -0.2) is 50.3 Å². The third-order valence-corrected chi connectivity index (χ3v) is 9.07. The van der Waals surface area contributed by atoms with Gasteiger partial charge in [0.1, 0.15) is 0 Å². The van der Waals surface area contributed by atoms with Gasteiger partial charge in [0.25, 0.3) is 0 Å². The van der Waals surface area contributed by atoms with Crippen molar-refractivity contribution in [1.82, 2.24) is 0 Å². The van der Waals surface area contributed by atoms with Crippen molar-refractivity contribution < 1.29 is 38.1 Å². The lowest BCUT2D eigenvalue weighted by Gasteiger charge is -2.06. The standard InChI is InChI=1S/C24H46O4.C20H38O4/c1-3-5-7-9-11-13-15-19-23(25)27-21-17-18-22-28-24(26)20-16-14-12-10-8-6-4-2;1-3-5-7-9-11-15-19(21)23-17-13-14-18-24-20(22)16-12-10-8-6-4-2/h3-22H2,1-2H3;3-18H2,1-2H3. The maximum atomic E-state index is 11.6. The summed E-state index contributed by atoms with van der Waals surface area (Å²) in [5, 5.41) is 0. The lowest BCUT2D eigenvalue weighted by Crippen LogP contribution is -2.08. The molecule has 0 radical (unpaired) electrons. The summed E-state index contributed by atoms with van der Waals surface area (Å²) in [6, 6.07) is 0. The molecule has 0 rings (SSSR count). The molecule has 0 amide bonds. The summed E-state index contributed by atoms with van der Waals surface area (Å²) in [6.45, 7) is 10.5. The highest BCUT2D eigenvalue weighted by Gasteiger charge is 2.06. The van der Waals surface area contributed by atoms with Gasteiger partial charge in [0, 0.05) is 25.7 Å². The molecule has 0 aliphatic rings. The second-order valence-electron chi connectivity index (χ2n) is 14.4. The van der Waals surface area contributed by atoms with Crippen LogP contribution in [0.4, 0.5) is 0 Å². The number of carbonyl (C=O) groups excluding carboxylic acids is 4. The first-order valence-corrected chi connectivity index (χ1v) is 22.0. The highest BCUT2D eigenvalue weighted by molar-refractivity contribution is 5.70. The normalized spacial score (nSPS) is 10.7. The lowest BCUT2D eigenvalue weighted by atomic mass is 10.1. The van der Waals surface area contributed by atoms with Gasteiger partial charge in [-0.1, -0.05) is 156 Å². The van der Waals surface area contributed by atoms with Gasteiger partial charge in [-0.25, -0.2) is 0 Å². The van der Waals surface area contributed by atoms with E-state index in [-0.39, 0.29) is 23.9 Å². The first-order chi connectivity index (χ1) is 25.4. The van der Waals surface area contributed by atoms with Crippen LogP contribution in [0.25, 0.3) is 0 Å². The van der Waals surface area contributed by atoms with E-state index >= 15 is 0 Å². The molecule has 0 saturated heterocycles. The Morgan fingerprint density at radius 2 is 0.423 bits per heavy atom. The molecule has 52 heavy (non-hydrogen) atoms. The first kappa shape index (κ1) is 52.0. The molecule has 0 heterocycles. The van der Waals surface area contributed by atoms with Gasteiger partial charge in [-0.2, -0.15) is 0 Å². The van der Waals surface area contributed by atoms with E-state index in [1.54, 1.807) is 0 Å². The van der Waals surface area contributed by atoms with E-state index < -0.39 is 0 Å². The molecule has 8 heteroatoms. The quantitative estimate of drug-likeness (QED) is 0.0350. The van der Waals surface area contributed by atoms with Crippen LogP contribution >= 0.6 is 0 Å². The van der Waals surface area contributed by atoms with E-state index in [9.17, 15) is 19.2 Å². The minimum absolute atomic E-state index is 0.0931. The van der Waals surface area contributed by atoms with Gasteiger partial charge in [0.05, 0.1) is 26.4 Å². The van der Waals surface area contributed by atoms with Gasteiger partial charge >= 0.3 is 23.9 Å². The number of esters is 4. The number of rotatable bonds is 38. The number of ether oxygens (including phenoxy) is 4. The van der Waals surface area contributed by atoms with E-state index in [0.717, 1.165) is 77.0 Å². The average Bonchev–Trinajstić information content (AvgIpc) is 3.13. The van der Waals surface area contributed by atoms with Gasteiger partial charge in [-0.05, 0) is 51.4 Å². The van der Waals surface area contributed by atoms with Crippen molar-refractivity contribution in [2.24, 2.45) is 0 Å². The van der Waals surface area contributed by atoms with Crippen LogP contribution in [0, 0.1) is 0 Å². The molecule has 0 atom stereocenters. The molecule has 0 aliphatic carbocycles.